The van der Waals surface area contributed by atoms with Gasteiger partial charge < -0.3 is 9.64 Å². The molecule has 1 unspecified atom stereocenters. The molecule has 2 aromatic rings. The van der Waals surface area contributed by atoms with E-state index in [0.717, 1.165) is 34.0 Å². The minimum absolute atomic E-state index is 0.0439. The summed E-state index contributed by atoms with van der Waals surface area (Å²) in [4.78, 5) is 20.2. The van der Waals surface area contributed by atoms with Crippen molar-refractivity contribution in [2.24, 2.45) is 0 Å². The summed E-state index contributed by atoms with van der Waals surface area (Å²) in [5, 5.41) is 0.963. The van der Waals surface area contributed by atoms with E-state index in [1.165, 1.54) is 11.3 Å². The van der Waals surface area contributed by atoms with Gasteiger partial charge >= 0.3 is 0 Å². The van der Waals surface area contributed by atoms with Crippen molar-refractivity contribution in [2.45, 2.75) is 32.8 Å². The van der Waals surface area contributed by atoms with Crippen LogP contribution in [0.25, 0.3) is 0 Å². The zero-order valence-corrected chi connectivity index (χ0v) is 14.4. The van der Waals surface area contributed by atoms with Crippen LogP contribution < -0.4 is 0 Å². The Morgan fingerprint density at radius 1 is 1.39 bits per heavy atom. The maximum atomic E-state index is 12.9. The third-order valence-electron chi connectivity index (χ3n) is 4.01. The highest BCUT2D eigenvalue weighted by atomic mass is 32.1. The Labute approximate surface area is 141 Å². The average molecular weight is 330 g/mol. The Hall–Kier alpha value is -1.72. The van der Waals surface area contributed by atoms with Gasteiger partial charge in [-0.3, -0.25) is 4.79 Å². The van der Waals surface area contributed by atoms with Gasteiger partial charge in [-0.1, -0.05) is 43.7 Å². The zero-order chi connectivity index (χ0) is 16.2. The number of hydrogen-bond acceptors (Lipinski definition) is 4. The van der Waals surface area contributed by atoms with Crippen LogP contribution in [0.4, 0.5) is 0 Å². The van der Waals surface area contributed by atoms with Gasteiger partial charge in [0, 0.05) is 6.54 Å². The Bertz CT molecular complexity index is 669. The molecule has 1 aliphatic heterocycles. The quantitative estimate of drug-likeness (QED) is 0.860. The predicted molar refractivity (Wildman–Crippen MR) is 91.9 cm³/mol. The van der Waals surface area contributed by atoms with Crippen molar-refractivity contribution in [1.29, 1.82) is 0 Å². The number of morpholine rings is 1. The van der Waals surface area contributed by atoms with Gasteiger partial charge in [-0.05, 0) is 18.9 Å². The second-order valence-corrected chi connectivity index (χ2v) is 6.98. The Kier molecular flexibility index (Phi) is 5.08. The van der Waals surface area contributed by atoms with Crippen molar-refractivity contribution in [3.8, 4) is 0 Å². The predicted octanol–water partition coefficient (Wildman–Crippen LogP) is 3.62. The number of amides is 1. The topological polar surface area (TPSA) is 42.4 Å². The first-order chi connectivity index (χ1) is 11.2. The molecule has 1 aliphatic rings. The van der Waals surface area contributed by atoms with E-state index in [4.69, 9.17) is 4.74 Å². The van der Waals surface area contributed by atoms with Crippen molar-refractivity contribution in [2.75, 3.05) is 19.7 Å². The molecule has 0 saturated carbocycles. The summed E-state index contributed by atoms with van der Waals surface area (Å²) in [5.74, 6) is 0.100. The third kappa shape index (κ3) is 3.62. The van der Waals surface area contributed by atoms with Gasteiger partial charge in [-0.15, -0.1) is 11.3 Å². The van der Waals surface area contributed by atoms with Crippen LogP contribution in [0.5, 0.6) is 0 Å². The van der Waals surface area contributed by atoms with Crippen LogP contribution in [-0.2, 0) is 11.2 Å². The number of ether oxygens (including phenoxy) is 1. The molecule has 1 fully saturated rings. The smallest absolute Gasteiger partial charge is 0.266 e. The summed E-state index contributed by atoms with van der Waals surface area (Å²) in [6, 6.07) is 10.1. The molecule has 1 aromatic carbocycles. The van der Waals surface area contributed by atoms with Crippen molar-refractivity contribution >= 4 is 17.2 Å². The highest BCUT2D eigenvalue weighted by Crippen LogP contribution is 2.26. The molecule has 122 valence electrons. The van der Waals surface area contributed by atoms with Crippen LogP contribution in [0.2, 0.25) is 0 Å². The summed E-state index contributed by atoms with van der Waals surface area (Å²) in [6.07, 6.45) is 1.81. The molecule has 0 aliphatic carbocycles. The molecule has 3 rings (SSSR count). The number of aryl methyl sites for hydroxylation is 2. The van der Waals surface area contributed by atoms with Crippen molar-refractivity contribution in [3.63, 3.8) is 0 Å². The normalized spacial score (nSPS) is 18.2. The average Bonchev–Trinajstić information content (AvgIpc) is 2.96. The van der Waals surface area contributed by atoms with Gasteiger partial charge in [0.05, 0.1) is 23.9 Å². The highest BCUT2D eigenvalue weighted by Gasteiger charge is 2.28. The van der Waals surface area contributed by atoms with Gasteiger partial charge in [0.2, 0.25) is 0 Å². The fraction of sp³-hybridized carbons (Fsp3) is 0.444. The van der Waals surface area contributed by atoms with Gasteiger partial charge in [0.1, 0.15) is 11.0 Å². The van der Waals surface area contributed by atoms with Crippen LogP contribution in [0.1, 0.15) is 45.4 Å². The molecule has 1 aromatic heterocycles. The van der Waals surface area contributed by atoms with E-state index in [-0.39, 0.29) is 12.0 Å². The molecule has 1 amide bonds. The first-order valence-corrected chi connectivity index (χ1v) is 8.92. The van der Waals surface area contributed by atoms with E-state index >= 15 is 0 Å². The largest absolute Gasteiger partial charge is 0.370 e. The van der Waals surface area contributed by atoms with Gasteiger partial charge in [-0.2, -0.15) is 0 Å². The molecule has 5 heteroatoms. The Morgan fingerprint density at radius 3 is 2.91 bits per heavy atom. The first-order valence-electron chi connectivity index (χ1n) is 8.11. The van der Waals surface area contributed by atoms with E-state index in [0.29, 0.717) is 19.7 Å². The lowest BCUT2D eigenvalue weighted by Gasteiger charge is -2.33. The minimum Gasteiger partial charge on any atom is -0.370 e. The zero-order valence-electron chi connectivity index (χ0n) is 13.6. The molecule has 4 nitrogen and oxygen atoms in total. The lowest BCUT2D eigenvalue weighted by molar-refractivity contribution is -0.0227. The number of thiazole rings is 1. The van der Waals surface area contributed by atoms with E-state index < -0.39 is 0 Å². The molecule has 0 N–H and O–H groups in total. The van der Waals surface area contributed by atoms with Crippen LogP contribution in [-0.4, -0.2) is 35.5 Å². The number of aromatic nitrogens is 1. The summed E-state index contributed by atoms with van der Waals surface area (Å²) in [7, 11) is 0. The second-order valence-electron chi connectivity index (χ2n) is 5.78. The number of hydrogen-bond donors (Lipinski definition) is 0. The van der Waals surface area contributed by atoms with Crippen molar-refractivity contribution < 1.29 is 9.53 Å². The van der Waals surface area contributed by atoms with Gasteiger partial charge in [0.25, 0.3) is 5.91 Å². The molecule has 0 bridgehead atoms. The van der Waals surface area contributed by atoms with E-state index in [1.54, 1.807) is 0 Å². The molecule has 1 atom stereocenters. The lowest BCUT2D eigenvalue weighted by atomic mass is 10.1. The van der Waals surface area contributed by atoms with Crippen LogP contribution in [0, 0.1) is 6.92 Å². The number of rotatable bonds is 4. The molecule has 0 spiro atoms. The highest BCUT2D eigenvalue weighted by molar-refractivity contribution is 7.13. The first kappa shape index (κ1) is 16.1. The summed E-state index contributed by atoms with van der Waals surface area (Å²) in [5.41, 5.74) is 2.07. The maximum Gasteiger partial charge on any atom is 0.266 e. The van der Waals surface area contributed by atoms with E-state index in [9.17, 15) is 4.79 Å². The standard InChI is InChI=1S/C18H22N2O2S/c1-3-7-15-17(23-13(2)19-15)18(21)20-10-11-22-16(12-20)14-8-5-4-6-9-14/h4-6,8-9,16H,3,7,10-12H2,1-2H3. The molecule has 23 heavy (non-hydrogen) atoms. The Balaban J connectivity index is 1.77. The van der Waals surface area contributed by atoms with Crippen LogP contribution in [0.3, 0.4) is 0 Å². The fourth-order valence-electron chi connectivity index (χ4n) is 2.89. The third-order valence-corrected chi connectivity index (χ3v) is 5.01. The van der Waals surface area contributed by atoms with Crippen molar-refractivity contribution in [1.82, 2.24) is 9.88 Å². The monoisotopic (exact) mass is 330 g/mol. The number of carbonyl (C=O) groups is 1. The molecular weight excluding hydrogens is 308 g/mol. The summed E-state index contributed by atoms with van der Waals surface area (Å²) >= 11 is 1.51. The van der Waals surface area contributed by atoms with Gasteiger partial charge in [0.15, 0.2) is 0 Å². The van der Waals surface area contributed by atoms with Crippen LogP contribution >= 0.6 is 11.3 Å². The summed E-state index contributed by atoms with van der Waals surface area (Å²) < 4.78 is 5.86. The van der Waals surface area contributed by atoms with E-state index in [1.807, 2.05) is 30.0 Å². The number of carbonyl (C=O) groups excluding carboxylic acids is 1. The lowest BCUT2D eigenvalue weighted by Crippen LogP contribution is -2.42. The minimum atomic E-state index is -0.0439. The molecular formula is C18H22N2O2S. The molecule has 2 heterocycles. The Morgan fingerprint density at radius 2 is 2.17 bits per heavy atom. The number of benzene rings is 1. The van der Waals surface area contributed by atoms with Crippen molar-refractivity contribution in [3.05, 3.63) is 51.5 Å². The molecule has 1 saturated heterocycles. The summed E-state index contributed by atoms with van der Waals surface area (Å²) in [6.45, 7) is 5.90. The van der Waals surface area contributed by atoms with Gasteiger partial charge in [-0.25, -0.2) is 4.98 Å². The fourth-order valence-corrected chi connectivity index (χ4v) is 3.82. The SMILES string of the molecule is CCCc1nc(C)sc1C(=O)N1CCOC(c2ccccc2)C1. The van der Waals surface area contributed by atoms with Crippen LogP contribution in [0.15, 0.2) is 30.3 Å². The maximum absolute atomic E-state index is 12.9. The number of nitrogens with zero attached hydrogens (tertiary/aromatic N) is 2. The molecule has 0 radical (unpaired) electrons. The second kappa shape index (κ2) is 7.23. The van der Waals surface area contributed by atoms with E-state index in [2.05, 4.69) is 24.0 Å².